The lowest BCUT2D eigenvalue weighted by molar-refractivity contribution is -0.146. The number of carbonyl (C=O) groups excluding carboxylic acids is 2. The Labute approximate surface area is 172 Å². The predicted octanol–water partition coefficient (Wildman–Crippen LogP) is 1.09. The zero-order chi connectivity index (χ0) is 20.0. The van der Waals surface area contributed by atoms with E-state index in [-0.39, 0.29) is 17.7 Å². The van der Waals surface area contributed by atoms with E-state index in [2.05, 4.69) is 14.8 Å². The van der Waals surface area contributed by atoms with Crippen molar-refractivity contribution in [3.63, 3.8) is 0 Å². The van der Waals surface area contributed by atoms with Gasteiger partial charge in [0.05, 0.1) is 12.5 Å². The molecule has 4 aliphatic heterocycles. The normalized spacial score (nSPS) is 30.5. The van der Waals surface area contributed by atoms with Gasteiger partial charge in [0, 0.05) is 63.3 Å². The summed E-state index contributed by atoms with van der Waals surface area (Å²) >= 11 is 0. The van der Waals surface area contributed by atoms with Gasteiger partial charge in [0.25, 0.3) is 5.91 Å². The molecule has 0 N–H and O–H groups in total. The van der Waals surface area contributed by atoms with Gasteiger partial charge in [0.15, 0.2) is 0 Å². The Kier molecular flexibility index (Phi) is 4.73. The van der Waals surface area contributed by atoms with Crippen LogP contribution in [0.1, 0.15) is 32.6 Å². The summed E-state index contributed by atoms with van der Waals surface area (Å²) in [4.78, 5) is 38.9. The van der Waals surface area contributed by atoms with Crippen molar-refractivity contribution in [1.29, 1.82) is 0 Å². The first-order chi connectivity index (χ1) is 14.0. The molecule has 0 radical (unpaired) electrons. The van der Waals surface area contributed by atoms with Gasteiger partial charge >= 0.3 is 0 Å². The maximum Gasteiger partial charge on any atom is 0.253 e. The highest BCUT2D eigenvalue weighted by Crippen LogP contribution is 2.31. The smallest absolute Gasteiger partial charge is 0.253 e. The van der Waals surface area contributed by atoms with Crippen LogP contribution in [0.3, 0.4) is 0 Å². The maximum absolute atomic E-state index is 13.0. The number of fused-ring (bicyclic) bond motifs is 1. The highest BCUT2D eigenvalue weighted by atomic mass is 16.2. The minimum Gasteiger partial charge on any atom is -0.345 e. The van der Waals surface area contributed by atoms with Crippen molar-refractivity contribution >= 4 is 18.0 Å². The van der Waals surface area contributed by atoms with Crippen LogP contribution in [0.5, 0.6) is 0 Å². The molecule has 1 aliphatic carbocycles. The van der Waals surface area contributed by atoms with Gasteiger partial charge in [-0.15, -0.1) is 0 Å². The first-order valence-corrected chi connectivity index (χ1v) is 11.1. The highest BCUT2D eigenvalue weighted by molar-refractivity contribution is 5.98. The Balaban J connectivity index is 1.14. The fourth-order valence-electron chi connectivity index (χ4n) is 5.07. The lowest BCUT2D eigenvalue weighted by atomic mass is 9.91. The molecule has 0 spiro atoms. The minimum absolute atomic E-state index is 0.0142. The van der Waals surface area contributed by atoms with Crippen molar-refractivity contribution in [2.75, 3.05) is 45.8 Å². The van der Waals surface area contributed by atoms with Gasteiger partial charge in [0.1, 0.15) is 5.66 Å². The molecule has 1 unspecified atom stereocenters. The van der Waals surface area contributed by atoms with Crippen molar-refractivity contribution in [3.05, 3.63) is 23.9 Å². The van der Waals surface area contributed by atoms with Crippen molar-refractivity contribution < 1.29 is 9.59 Å². The number of amides is 2. The van der Waals surface area contributed by atoms with Crippen LogP contribution in [0.15, 0.2) is 28.9 Å². The monoisotopic (exact) mass is 397 g/mol. The van der Waals surface area contributed by atoms with E-state index in [0.29, 0.717) is 18.7 Å². The maximum atomic E-state index is 13.0. The van der Waals surface area contributed by atoms with Crippen molar-refractivity contribution in [2.45, 2.75) is 44.3 Å². The lowest BCUT2D eigenvalue weighted by Gasteiger charge is -2.41. The summed E-state index contributed by atoms with van der Waals surface area (Å²) in [5.74, 6) is 0.204. The first-order valence-electron chi connectivity index (χ1n) is 11.1. The van der Waals surface area contributed by atoms with Gasteiger partial charge in [-0.1, -0.05) is 6.42 Å². The summed E-state index contributed by atoms with van der Waals surface area (Å²) in [6, 6.07) is 0.751. The number of carbonyl (C=O) groups is 2. The van der Waals surface area contributed by atoms with Crippen LogP contribution in [0.2, 0.25) is 0 Å². The van der Waals surface area contributed by atoms with E-state index in [1.807, 2.05) is 36.4 Å². The summed E-state index contributed by atoms with van der Waals surface area (Å²) in [6.07, 6.45) is 12.7. The van der Waals surface area contributed by atoms with E-state index in [4.69, 9.17) is 0 Å². The summed E-state index contributed by atoms with van der Waals surface area (Å²) < 4.78 is 0. The SMILES string of the molecule is CC12C=C(C(=O)N3CC(C(=O)N4CCCN(C5CCC5)CC4)C3)C=CN1CC=N2. The molecule has 3 fully saturated rings. The number of hydrogen-bond acceptors (Lipinski definition) is 5. The largest absolute Gasteiger partial charge is 0.345 e. The minimum atomic E-state index is -0.446. The quantitative estimate of drug-likeness (QED) is 0.715. The summed E-state index contributed by atoms with van der Waals surface area (Å²) in [5.41, 5.74) is 0.234. The average Bonchev–Trinajstić information content (AvgIpc) is 2.85. The third kappa shape index (κ3) is 3.39. The van der Waals surface area contributed by atoms with E-state index in [0.717, 1.165) is 45.2 Å². The van der Waals surface area contributed by atoms with E-state index < -0.39 is 5.66 Å². The van der Waals surface area contributed by atoms with Gasteiger partial charge in [-0.2, -0.15) is 0 Å². The number of nitrogens with zero attached hydrogens (tertiary/aromatic N) is 5. The summed E-state index contributed by atoms with van der Waals surface area (Å²) in [7, 11) is 0. The topological polar surface area (TPSA) is 59.5 Å². The molecule has 7 nitrogen and oxygen atoms in total. The van der Waals surface area contributed by atoms with Crippen LogP contribution in [-0.4, -0.2) is 95.1 Å². The van der Waals surface area contributed by atoms with Gasteiger partial charge < -0.3 is 14.7 Å². The molecular formula is C22H31N5O2. The van der Waals surface area contributed by atoms with Crippen LogP contribution in [0, 0.1) is 5.92 Å². The van der Waals surface area contributed by atoms with Crippen molar-refractivity contribution in [1.82, 2.24) is 19.6 Å². The second-order valence-corrected chi connectivity index (χ2v) is 9.18. The van der Waals surface area contributed by atoms with Gasteiger partial charge in [-0.3, -0.25) is 19.5 Å². The van der Waals surface area contributed by atoms with E-state index >= 15 is 0 Å². The van der Waals surface area contributed by atoms with E-state index in [9.17, 15) is 9.59 Å². The fourth-order valence-corrected chi connectivity index (χ4v) is 5.07. The molecule has 29 heavy (non-hydrogen) atoms. The molecule has 1 saturated carbocycles. The van der Waals surface area contributed by atoms with Crippen LogP contribution in [-0.2, 0) is 9.59 Å². The molecule has 0 aromatic heterocycles. The molecule has 156 valence electrons. The van der Waals surface area contributed by atoms with Gasteiger partial charge in [0.2, 0.25) is 5.91 Å². The molecule has 0 aromatic rings. The molecule has 0 aromatic carbocycles. The predicted molar refractivity (Wildman–Crippen MR) is 111 cm³/mol. The number of rotatable bonds is 3. The van der Waals surface area contributed by atoms with Crippen LogP contribution < -0.4 is 0 Å². The van der Waals surface area contributed by atoms with E-state index in [1.54, 1.807) is 4.90 Å². The molecule has 2 saturated heterocycles. The molecule has 5 rings (SSSR count). The Hall–Kier alpha value is -2.15. The zero-order valence-electron chi connectivity index (χ0n) is 17.3. The fraction of sp³-hybridized carbons (Fsp3) is 0.682. The van der Waals surface area contributed by atoms with Crippen molar-refractivity contribution in [2.24, 2.45) is 10.9 Å². The summed E-state index contributed by atoms with van der Waals surface area (Å²) in [6.45, 7) is 7.67. The summed E-state index contributed by atoms with van der Waals surface area (Å²) in [5, 5.41) is 0. The third-order valence-corrected chi connectivity index (χ3v) is 7.27. The second kappa shape index (κ2) is 7.27. The zero-order valence-corrected chi connectivity index (χ0v) is 17.3. The Morgan fingerprint density at radius 1 is 1.07 bits per heavy atom. The lowest BCUT2D eigenvalue weighted by Crippen LogP contribution is -2.57. The standard InChI is InChI=1S/C22H31N5O2/c1-22-14-17(6-10-27(22)11-7-23-22)20(28)26-15-18(16-26)21(29)25-9-3-8-24(12-13-25)19-4-2-5-19/h6-7,10,14,18-19H,2-5,8-9,11-13,15-16H2,1H3. The average molecular weight is 398 g/mol. The molecule has 2 amide bonds. The molecule has 1 atom stereocenters. The van der Waals surface area contributed by atoms with Crippen molar-refractivity contribution in [3.8, 4) is 0 Å². The van der Waals surface area contributed by atoms with Crippen LogP contribution >= 0.6 is 0 Å². The molecule has 0 bridgehead atoms. The number of aliphatic imine (C=N–C) groups is 1. The molecule has 5 aliphatic rings. The Morgan fingerprint density at radius 3 is 2.66 bits per heavy atom. The Bertz CT molecular complexity index is 780. The van der Waals surface area contributed by atoms with Crippen LogP contribution in [0.4, 0.5) is 0 Å². The molecule has 4 heterocycles. The molecule has 7 heteroatoms. The third-order valence-electron chi connectivity index (χ3n) is 7.27. The van der Waals surface area contributed by atoms with Crippen LogP contribution in [0.25, 0.3) is 0 Å². The number of likely N-dealkylation sites (tertiary alicyclic amines) is 1. The van der Waals surface area contributed by atoms with Gasteiger partial charge in [-0.25, -0.2) is 0 Å². The Morgan fingerprint density at radius 2 is 1.90 bits per heavy atom. The first kappa shape index (κ1) is 18.9. The van der Waals surface area contributed by atoms with Gasteiger partial charge in [-0.05, 0) is 38.3 Å². The molecular weight excluding hydrogens is 366 g/mol. The van der Waals surface area contributed by atoms with E-state index in [1.165, 1.54) is 19.3 Å². The number of hydrogen-bond donors (Lipinski definition) is 0. The highest BCUT2D eigenvalue weighted by Gasteiger charge is 2.41. The second-order valence-electron chi connectivity index (χ2n) is 9.18.